The number of aliphatic carboxylic acids is 1. The molecule has 0 amide bonds. The molecule has 7 heteroatoms. The van der Waals surface area contributed by atoms with Gasteiger partial charge in [-0.1, -0.05) is 6.92 Å². The summed E-state index contributed by atoms with van der Waals surface area (Å²) in [5.41, 5.74) is 2.26. The molecule has 2 unspecified atom stereocenters. The maximum absolute atomic E-state index is 11.7. The number of carboxylic acid groups (broad SMARTS) is 1. The highest BCUT2D eigenvalue weighted by Crippen LogP contribution is 2.42. The zero-order valence-corrected chi connectivity index (χ0v) is 16.6. The summed E-state index contributed by atoms with van der Waals surface area (Å²) < 4.78 is 0. The van der Waals surface area contributed by atoms with Crippen molar-refractivity contribution in [2.45, 2.75) is 32.6 Å². The van der Waals surface area contributed by atoms with E-state index in [9.17, 15) is 9.90 Å². The van der Waals surface area contributed by atoms with Crippen molar-refractivity contribution in [2.75, 3.05) is 18.0 Å². The molecule has 0 saturated carbocycles. The van der Waals surface area contributed by atoms with Gasteiger partial charge in [0.05, 0.1) is 11.3 Å². The Bertz CT molecular complexity index is 1050. The van der Waals surface area contributed by atoms with Crippen molar-refractivity contribution in [2.24, 2.45) is 11.8 Å². The standard InChI is InChI=1S/C21H22N4O2S/c1-12-8-14(21(26)27)11-25(10-12)19-17-15-5-2-6-16(15)28-20(17)24-18(23-19)13-4-3-7-22-9-13/h3-4,7,9,12,14H,2,5-6,8,10-11H2,1H3,(H,26,27). The van der Waals surface area contributed by atoms with Crippen molar-refractivity contribution < 1.29 is 9.90 Å². The fourth-order valence-electron chi connectivity index (χ4n) is 4.53. The first-order valence-corrected chi connectivity index (χ1v) is 10.6. The Morgan fingerprint density at radius 3 is 2.96 bits per heavy atom. The van der Waals surface area contributed by atoms with E-state index in [0.29, 0.717) is 18.3 Å². The number of nitrogens with zero attached hydrogens (tertiary/aromatic N) is 4. The van der Waals surface area contributed by atoms with Crippen LogP contribution in [0.4, 0.5) is 5.82 Å². The van der Waals surface area contributed by atoms with Crippen molar-refractivity contribution in [3.8, 4) is 11.4 Å². The third-order valence-electron chi connectivity index (χ3n) is 5.77. The molecular formula is C21H22N4O2S. The van der Waals surface area contributed by atoms with Gasteiger partial charge in [0.15, 0.2) is 5.82 Å². The molecule has 1 N–H and O–H groups in total. The molecule has 2 atom stereocenters. The van der Waals surface area contributed by atoms with Crippen LogP contribution in [0.3, 0.4) is 0 Å². The molecule has 1 fully saturated rings. The predicted octanol–water partition coefficient (Wildman–Crippen LogP) is 3.79. The van der Waals surface area contributed by atoms with Crippen molar-refractivity contribution in [1.82, 2.24) is 15.0 Å². The van der Waals surface area contributed by atoms with Gasteiger partial charge in [-0.15, -0.1) is 11.3 Å². The van der Waals surface area contributed by atoms with E-state index in [-0.39, 0.29) is 5.92 Å². The molecule has 144 valence electrons. The molecule has 3 aromatic heterocycles. The summed E-state index contributed by atoms with van der Waals surface area (Å²) in [5.74, 6) is 0.808. The minimum atomic E-state index is -0.718. The number of pyridine rings is 1. The Morgan fingerprint density at radius 1 is 1.29 bits per heavy atom. The monoisotopic (exact) mass is 394 g/mol. The highest BCUT2D eigenvalue weighted by Gasteiger charge is 2.33. The van der Waals surface area contributed by atoms with E-state index in [0.717, 1.165) is 47.4 Å². The van der Waals surface area contributed by atoms with Crippen molar-refractivity contribution in [3.05, 3.63) is 35.0 Å². The average molecular weight is 395 g/mol. The quantitative estimate of drug-likeness (QED) is 0.728. The van der Waals surface area contributed by atoms with Crippen LogP contribution in [0.1, 0.15) is 30.2 Å². The molecular weight excluding hydrogens is 372 g/mol. The van der Waals surface area contributed by atoms with E-state index in [1.54, 1.807) is 23.7 Å². The number of aromatic nitrogens is 3. The first-order valence-electron chi connectivity index (χ1n) is 9.80. The molecule has 2 aliphatic rings. The Labute approximate surface area is 167 Å². The van der Waals surface area contributed by atoms with E-state index in [4.69, 9.17) is 9.97 Å². The van der Waals surface area contributed by atoms with E-state index in [1.165, 1.54) is 16.9 Å². The van der Waals surface area contributed by atoms with Gasteiger partial charge in [0.25, 0.3) is 0 Å². The summed E-state index contributed by atoms with van der Waals surface area (Å²) in [6.07, 6.45) is 7.58. The maximum atomic E-state index is 11.7. The van der Waals surface area contributed by atoms with Gasteiger partial charge in [-0.25, -0.2) is 9.97 Å². The van der Waals surface area contributed by atoms with Crippen LogP contribution in [0.15, 0.2) is 24.5 Å². The molecule has 0 aromatic carbocycles. The number of aryl methyl sites for hydroxylation is 2. The van der Waals surface area contributed by atoms with Crippen LogP contribution < -0.4 is 4.90 Å². The minimum absolute atomic E-state index is 0.313. The second kappa shape index (κ2) is 6.81. The number of thiophene rings is 1. The Morgan fingerprint density at radius 2 is 2.18 bits per heavy atom. The Hall–Kier alpha value is -2.54. The van der Waals surface area contributed by atoms with Crippen LogP contribution in [-0.2, 0) is 17.6 Å². The van der Waals surface area contributed by atoms with Crippen LogP contribution in [0.5, 0.6) is 0 Å². The first-order chi connectivity index (χ1) is 13.6. The number of hydrogen-bond acceptors (Lipinski definition) is 6. The van der Waals surface area contributed by atoms with Crippen LogP contribution >= 0.6 is 11.3 Å². The summed E-state index contributed by atoms with van der Waals surface area (Å²) in [5, 5.41) is 10.8. The van der Waals surface area contributed by atoms with Crippen LogP contribution in [0, 0.1) is 11.8 Å². The smallest absolute Gasteiger partial charge is 0.308 e. The molecule has 6 nitrogen and oxygen atoms in total. The minimum Gasteiger partial charge on any atom is -0.481 e. The molecule has 1 saturated heterocycles. The predicted molar refractivity (Wildman–Crippen MR) is 110 cm³/mol. The number of hydrogen-bond donors (Lipinski definition) is 1. The van der Waals surface area contributed by atoms with Crippen LogP contribution in [0.2, 0.25) is 0 Å². The van der Waals surface area contributed by atoms with Gasteiger partial charge in [-0.05, 0) is 49.3 Å². The van der Waals surface area contributed by atoms with Crippen LogP contribution in [-0.4, -0.2) is 39.1 Å². The van der Waals surface area contributed by atoms with Gasteiger partial charge in [0, 0.05) is 35.9 Å². The van der Waals surface area contributed by atoms with Crippen molar-refractivity contribution in [1.29, 1.82) is 0 Å². The number of piperidine rings is 1. The number of fused-ring (bicyclic) bond motifs is 3. The molecule has 1 aliphatic carbocycles. The molecule has 4 heterocycles. The first kappa shape index (κ1) is 17.6. The molecule has 0 spiro atoms. The second-order valence-corrected chi connectivity index (χ2v) is 9.01. The van der Waals surface area contributed by atoms with Gasteiger partial charge >= 0.3 is 5.97 Å². The number of anilines is 1. The molecule has 28 heavy (non-hydrogen) atoms. The fourth-order valence-corrected chi connectivity index (χ4v) is 5.79. The topological polar surface area (TPSA) is 79.2 Å². The van der Waals surface area contributed by atoms with Crippen LogP contribution in [0.25, 0.3) is 21.6 Å². The summed E-state index contributed by atoms with van der Waals surface area (Å²) in [6, 6.07) is 3.86. The molecule has 3 aromatic rings. The lowest BCUT2D eigenvalue weighted by molar-refractivity contribution is -0.142. The normalized spacial score (nSPS) is 21.8. The third kappa shape index (κ3) is 2.94. The SMILES string of the molecule is CC1CC(C(=O)O)CN(c2nc(-c3cccnc3)nc3sc4c(c23)CCC4)C1. The molecule has 0 radical (unpaired) electrons. The summed E-state index contributed by atoms with van der Waals surface area (Å²) in [4.78, 5) is 30.3. The fraction of sp³-hybridized carbons (Fsp3) is 0.429. The Balaban J connectivity index is 1.68. The summed E-state index contributed by atoms with van der Waals surface area (Å²) in [7, 11) is 0. The highest BCUT2D eigenvalue weighted by atomic mass is 32.1. The van der Waals surface area contributed by atoms with Gasteiger partial charge in [0.2, 0.25) is 0 Å². The third-order valence-corrected chi connectivity index (χ3v) is 6.96. The highest BCUT2D eigenvalue weighted by molar-refractivity contribution is 7.19. The molecule has 5 rings (SSSR count). The van der Waals surface area contributed by atoms with E-state index in [2.05, 4.69) is 16.8 Å². The molecule has 1 aliphatic heterocycles. The van der Waals surface area contributed by atoms with Gasteiger partial charge in [0.1, 0.15) is 10.6 Å². The van der Waals surface area contributed by atoms with Gasteiger partial charge in [-0.3, -0.25) is 9.78 Å². The maximum Gasteiger partial charge on any atom is 0.308 e. The van der Waals surface area contributed by atoms with E-state index in [1.807, 2.05) is 12.1 Å². The Kier molecular flexibility index (Phi) is 4.27. The van der Waals surface area contributed by atoms with Crippen molar-refractivity contribution >= 4 is 33.3 Å². The average Bonchev–Trinajstić information content (AvgIpc) is 3.28. The number of carbonyl (C=O) groups is 1. The largest absolute Gasteiger partial charge is 0.481 e. The zero-order valence-electron chi connectivity index (χ0n) is 15.8. The summed E-state index contributed by atoms with van der Waals surface area (Å²) in [6.45, 7) is 3.45. The lowest BCUT2D eigenvalue weighted by atomic mass is 9.90. The van der Waals surface area contributed by atoms with E-state index >= 15 is 0 Å². The summed E-state index contributed by atoms with van der Waals surface area (Å²) >= 11 is 1.77. The van der Waals surface area contributed by atoms with Crippen molar-refractivity contribution in [3.63, 3.8) is 0 Å². The van der Waals surface area contributed by atoms with E-state index < -0.39 is 5.97 Å². The number of rotatable bonds is 3. The lowest BCUT2D eigenvalue weighted by Gasteiger charge is -2.36. The molecule has 0 bridgehead atoms. The lowest BCUT2D eigenvalue weighted by Crippen LogP contribution is -2.43. The van der Waals surface area contributed by atoms with Gasteiger partial charge in [-0.2, -0.15) is 0 Å². The van der Waals surface area contributed by atoms with Gasteiger partial charge < -0.3 is 10.0 Å². The second-order valence-electron chi connectivity index (χ2n) is 7.93. The zero-order chi connectivity index (χ0) is 19.3. The number of carboxylic acids is 1.